The molecule has 1 aliphatic carbocycles. The van der Waals surface area contributed by atoms with Crippen LogP contribution >= 0.6 is 0 Å². The van der Waals surface area contributed by atoms with Crippen molar-refractivity contribution in [2.75, 3.05) is 0 Å². The van der Waals surface area contributed by atoms with Gasteiger partial charge < -0.3 is 5.32 Å². The number of nitrogens with one attached hydrogen (secondary N) is 1. The molecule has 0 bridgehead atoms. The van der Waals surface area contributed by atoms with Crippen LogP contribution in [-0.4, -0.2) is 17.2 Å². The molecule has 1 aliphatic heterocycles. The molecule has 0 spiro atoms. The normalized spacial score (nSPS) is 32.8. The van der Waals surface area contributed by atoms with Crippen LogP contribution in [0.3, 0.4) is 0 Å². The van der Waals surface area contributed by atoms with Gasteiger partial charge in [-0.3, -0.25) is 9.59 Å². The second kappa shape index (κ2) is 3.23. The lowest BCUT2D eigenvalue weighted by atomic mass is 9.80. The molecule has 0 aromatic carbocycles. The number of ketones is 1. The summed E-state index contributed by atoms with van der Waals surface area (Å²) in [5.41, 5.74) is 0.862. The number of allylic oxidation sites excluding steroid dienone is 1. The van der Waals surface area contributed by atoms with Gasteiger partial charge in [0.15, 0.2) is 5.78 Å². The van der Waals surface area contributed by atoms with Gasteiger partial charge in [-0.25, -0.2) is 0 Å². The Morgan fingerprint density at radius 2 is 2.07 bits per heavy atom. The number of hydrogen-bond acceptors (Lipinski definition) is 2. The first-order valence-corrected chi connectivity index (χ1v) is 5.15. The van der Waals surface area contributed by atoms with Crippen LogP contribution in [0, 0.1) is 0 Å². The van der Waals surface area contributed by atoms with Crippen molar-refractivity contribution in [2.45, 2.75) is 44.6 Å². The van der Waals surface area contributed by atoms with Crippen molar-refractivity contribution >= 4 is 11.7 Å². The molecule has 14 heavy (non-hydrogen) atoms. The Hall–Kier alpha value is -1.12. The molecule has 0 unspecified atom stereocenters. The van der Waals surface area contributed by atoms with Crippen molar-refractivity contribution in [3.05, 3.63) is 11.6 Å². The van der Waals surface area contributed by atoms with E-state index in [0.717, 1.165) is 24.8 Å². The summed E-state index contributed by atoms with van der Waals surface area (Å²) in [6, 6.07) is 0. The second-order valence-electron chi connectivity index (χ2n) is 4.37. The molecule has 0 radical (unpaired) electrons. The minimum absolute atomic E-state index is 0.116. The van der Waals surface area contributed by atoms with E-state index in [1.807, 2.05) is 6.92 Å². The van der Waals surface area contributed by atoms with Crippen LogP contribution in [0.15, 0.2) is 11.6 Å². The zero-order valence-electron chi connectivity index (χ0n) is 8.43. The summed E-state index contributed by atoms with van der Waals surface area (Å²) in [6.07, 6.45) is 5.36. The molecule has 3 heteroatoms. The quantitative estimate of drug-likeness (QED) is 0.631. The molecular formula is C11H15NO2. The minimum atomic E-state index is -0.249. The number of amides is 1. The van der Waals surface area contributed by atoms with Crippen LogP contribution in [0.25, 0.3) is 0 Å². The monoisotopic (exact) mass is 193 g/mol. The summed E-state index contributed by atoms with van der Waals surface area (Å²) in [5, 5.41) is 3.02. The molecule has 76 valence electrons. The van der Waals surface area contributed by atoms with Gasteiger partial charge in [-0.2, -0.15) is 0 Å². The lowest BCUT2D eigenvalue weighted by molar-refractivity contribution is -0.123. The molecule has 2 rings (SSSR count). The summed E-state index contributed by atoms with van der Waals surface area (Å²) in [7, 11) is 0. The van der Waals surface area contributed by atoms with Gasteiger partial charge >= 0.3 is 0 Å². The summed E-state index contributed by atoms with van der Waals surface area (Å²) >= 11 is 0. The van der Waals surface area contributed by atoms with E-state index >= 15 is 0 Å². The highest BCUT2D eigenvalue weighted by molar-refractivity contribution is 5.92. The van der Waals surface area contributed by atoms with Gasteiger partial charge in [0.25, 0.3) is 0 Å². The molecule has 1 heterocycles. The number of carbonyl (C=O) groups excluding carboxylic acids is 2. The van der Waals surface area contributed by atoms with E-state index in [1.54, 1.807) is 6.08 Å². The summed E-state index contributed by atoms with van der Waals surface area (Å²) in [5.74, 6) is 0.318. The van der Waals surface area contributed by atoms with E-state index in [-0.39, 0.29) is 17.2 Å². The first-order chi connectivity index (χ1) is 6.60. The predicted molar refractivity (Wildman–Crippen MR) is 52.7 cm³/mol. The van der Waals surface area contributed by atoms with Crippen LogP contribution in [0.1, 0.15) is 39.0 Å². The standard InChI is InChI=1S/C11H15NO2/c1-11-6-5-9(13)7-8(11)3-2-4-10(14)12-11/h7H,2-6H2,1H3,(H,12,14)/t11-/m0/s1. The largest absolute Gasteiger partial charge is 0.347 e. The SMILES string of the molecule is C[C@]12CCC(=O)C=C1CCCC(=O)N2. The van der Waals surface area contributed by atoms with E-state index in [1.165, 1.54) is 0 Å². The van der Waals surface area contributed by atoms with Gasteiger partial charge in [-0.15, -0.1) is 0 Å². The molecule has 1 saturated heterocycles. The maximum absolute atomic E-state index is 11.4. The van der Waals surface area contributed by atoms with Gasteiger partial charge in [0.05, 0.1) is 5.54 Å². The molecule has 3 nitrogen and oxygen atoms in total. The third kappa shape index (κ3) is 1.59. The molecular weight excluding hydrogens is 178 g/mol. The summed E-state index contributed by atoms with van der Waals surface area (Å²) in [6.45, 7) is 2.02. The third-order valence-corrected chi connectivity index (χ3v) is 3.18. The van der Waals surface area contributed by atoms with Crippen LogP contribution in [0.2, 0.25) is 0 Å². The van der Waals surface area contributed by atoms with E-state index < -0.39 is 0 Å². The Kier molecular flexibility index (Phi) is 2.17. The van der Waals surface area contributed by atoms with Crippen molar-refractivity contribution in [1.29, 1.82) is 0 Å². The summed E-state index contributed by atoms with van der Waals surface area (Å²) in [4.78, 5) is 22.7. The Labute approximate surface area is 83.6 Å². The number of carbonyl (C=O) groups is 2. The number of fused-ring (bicyclic) bond motifs is 1. The number of hydrogen-bond donors (Lipinski definition) is 1. The molecule has 1 amide bonds. The van der Waals surface area contributed by atoms with Gasteiger partial charge in [-0.05, 0) is 37.8 Å². The highest BCUT2D eigenvalue weighted by Crippen LogP contribution is 2.32. The Balaban J connectivity index is 2.32. The lowest BCUT2D eigenvalue weighted by Gasteiger charge is -2.34. The zero-order chi connectivity index (χ0) is 10.2. The van der Waals surface area contributed by atoms with Crippen molar-refractivity contribution < 1.29 is 9.59 Å². The second-order valence-corrected chi connectivity index (χ2v) is 4.37. The van der Waals surface area contributed by atoms with E-state index in [9.17, 15) is 9.59 Å². The molecule has 0 aromatic rings. The van der Waals surface area contributed by atoms with Crippen molar-refractivity contribution in [3.8, 4) is 0 Å². The maximum Gasteiger partial charge on any atom is 0.220 e. The van der Waals surface area contributed by atoms with Crippen LogP contribution < -0.4 is 5.32 Å². The smallest absolute Gasteiger partial charge is 0.220 e. The Morgan fingerprint density at radius 3 is 2.86 bits per heavy atom. The first-order valence-electron chi connectivity index (χ1n) is 5.15. The number of rotatable bonds is 0. The molecule has 1 N–H and O–H groups in total. The molecule has 0 saturated carbocycles. The third-order valence-electron chi connectivity index (χ3n) is 3.18. The lowest BCUT2D eigenvalue weighted by Crippen LogP contribution is -2.47. The topological polar surface area (TPSA) is 46.2 Å². The van der Waals surface area contributed by atoms with Crippen LogP contribution in [-0.2, 0) is 9.59 Å². The maximum atomic E-state index is 11.4. The Bertz CT molecular complexity index is 319. The van der Waals surface area contributed by atoms with Gasteiger partial charge in [0, 0.05) is 12.8 Å². The molecule has 1 atom stereocenters. The van der Waals surface area contributed by atoms with E-state index in [2.05, 4.69) is 5.32 Å². The zero-order valence-corrected chi connectivity index (χ0v) is 8.43. The molecule has 0 aromatic heterocycles. The van der Waals surface area contributed by atoms with Crippen molar-refractivity contribution in [2.24, 2.45) is 0 Å². The van der Waals surface area contributed by atoms with Crippen LogP contribution in [0.5, 0.6) is 0 Å². The summed E-state index contributed by atoms with van der Waals surface area (Å²) < 4.78 is 0. The predicted octanol–water partition coefficient (Wildman–Crippen LogP) is 1.33. The highest BCUT2D eigenvalue weighted by atomic mass is 16.1. The average Bonchev–Trinajstić information content (AvgIpc) is 2.24. The highest BCUT2D eigenvalue weighted by Gasteiger charge is 2.35. The van der Waals surface area contributed by atoms with Crippen molar-refractivity contribution in [3.63, 3.8) is 0 Å². The minimum Gasteiger partial charge on any atom is -0.347 e. The fraction of sp³-hybridized carbons (Fsp3) is 0.636. The molecule has 2 aliphatic rings. The fourth-order valence-electron chi connectivity index (χ4n) is 2.26. The van der Waals surface area contributed by atoms with Gasteiger partial charge in [-0.1, -0.05) is 0 Å². The first kappa shape index (κ1) is 9.44. The van der Waals surface area contributed by atoms with E-state index in [4.69, 9.17) is 0 Å². The fourth-order valence-corrected chi connectivity index (χ4v) is 2.26. The van der Waals surface area contributed by atoms with Gasteiger partial charge in [0.2, 0.25) is 5.91 Å². The van der Waals surface area contributed by atoms with Gasteiger partial charge in [0.1, 0.15) is 0 Å². The van der Waals surface area contributed by atoms with E-state index in [0.29, 0.717) is 12.8 Å². The average molecular weight is 193 g/mol. The molecule has 1 fully saturated rings. The Morgan fingerprint density at radius 1 is 1.29 bits per heavy atom. The van der Waals surface area contributed by atoms with Crippen molar-refractivity contribution in [1.82, 2.24) is 5.32 Å². The van der Waals surface area contributed by atoms with Crippen LogP contribution in [0.4, 0.5) is 0 Å².